The van der Waals surface area contributed by atoms with Crippen LogP contribution in [0, 0.1) is 0 Å². The number of ether oxygens (including phenoxy) is 1. The number of rotatable bonds is 6. The van der Waals surface area contributed by atoms with Crippen LogP contribution < -0.4 is 10.1 Å². The Bertz CT molecular complexity index is 980. The van der Waals surface area contributed by atoms with E-state index in [0.717, 1.165) is 22.7 Å². The molecule has 1 aromatic heterocycles. The molecule has 1 aliphatic rings. The number of para-hydroxylation sites is 1. The first-order chi connectivity index (χ1) is 13.7. The molecule has 2 heterocycles. The van der Waals surface area contributed by atoms with Gasteiger partial charge in [-0.1, -0.05) is 23.4 Å². The molecule has 142 valence electrons. The lowest BCUT2D eigenvalue weighted by molar-refractivity contribution is 0.0753. The molecule has 7 heteroatoms. The molecule has 1 atom stereocenters. The van der Waals surface area contributed by atoms with Crippen molar-refractivity contribution in [3.63, 3.8) is 0 Å². The standard InChI is InChI=1S/C21H20N4O3/c1-27-18-9-7-15(8-10-18)20-11-19(28-24-20)13-22-21(26)16-12-23-25(14-16)17-5-3-2-4-6-17/h2-10,12,14,19H,11,13H2,1H3,(H,22,26)/t19-/m0/s1. The monoisotopic (exact) mass is 376 g/mol. The van der Waals surface area contributed by atoms with Crippen molar-refractivity contribution in [1.29, 1.82) is 0 Å². The predicted molar refractivity (Wildman–Crippen MR) is 105 cm³/mol. The number of benzene rings is 2. The molecule has 2 aromatic carbocycles. The molecule has 0 unspecified atom stereocenters. The second kappa shape index (κ2) is 7.96. The number of nitrogens with one attached hydrogen (secondary N) is 1. The average Bonchev–Trinajstić information content (AvgIpc) is 3.43. The lowest BCUT2D eigenvalue weighted by Gasteiger charge is -2.09. The average molecular weight is 376 g/mol. The number of aromatic nitrogens is 2. The van der Waals surface area contributed by atoms with Gasteiger partial charge in [0.15, 0.2) is 0 Å². The Morgan fingerprint density at radius 3 is 2.75 bits per heavy atom. The van der Waals surface area contributed by atoms with Gasteiger partial charge in [-0.05, 0) is 42.0 Å². The van der Waals surface area contributed by atoms with Crippen LogP contribution in [0.4, 0.5) is 0 Å². The largest absolute Gasteiger partial charge is 0.497 e. The van der Waals surface area contributed by atoms with E-state index in [1.54, 1.807) is 24.2 Å². The van der Waals surface area contributed by atoms with Crippen LogP contribution in [0.15, 0.2) is 72.1 Å². The molecule has 0 fully saturated rings. The van der Waals surface area contributed by atoms with E-state index in [4.69, 9.17) is 9.57 Å². The molecule has 3 aromatic rings. The Hall–Kier alpha value is -3.61. The van der Waals surface area contributed by atoms with Crippen molar-refractivity contribution in [2.45, 2.75) is 12.5 Å². The fraction of sp³-hybridized carbons (Fsp3) is 0.190. The summed E-state index contributed by atoms with van der Waals surface area (Å²) in [5.74, 6) is 0.604. The van der Waals surface area contributed by atoms with Gasteiger partial charge in [0.1, 0.15) is 11.9 Å². The molecule has 0 radical (unpaired) electrons. The fourth-order valence-electron chi connectivity index (χ4n) is 2.96. The van der Waals surface area contributed by atoms with Crippen LogP contribution in [0.2, 0.25) is 0 Å². The topological polar surface area (TPSA) is 77.7 Å². The molecular weight excluding hydrogens is 356 g/mol. The summed E-state index contributed by atoms with van der Waals surface area (Å²) < 4.78 is 6.84. The van der Waals surface area contributed by atoms with Crippen molar-refractivity contribution in [2.24, 2.45) is 5.16 Å². The summed E-state index contributed by atoms with van der Waals surface area (Å²) in [6, 6.07) is 17.3. The van der Waals surface area contributed by atoms with Gasteiger partial charge in [0.05, 0.1) is 36.8 Å². The third kappa shape index (κ3) is 3.88. The second-order valence-electron chi connectivity index (χ2n) is 6.42. The number of hydrogen-bond donors (Lipinski definition) is 1. The van der Waals surface area contributed by atoms with Crippen molar-refractivity contribution in [2.75, 3.05) is 13.7 Å². The normalized spacial score (nSPS) is 15.6. The molecule has 7 nitrogen and oxygen atoms in total. The van der Waals surface area contributed by atoms with Gasteiger partial charge in [-0.2, -0.15) is 5.10 Å². The highest BCUT2D eigenvalue weighted by Crippen LogP contribution is 2.19. The first-order valence-electron chi connectivity index (χ1n) is 8.98. The van der Waals surface area contributed by atoms with Crippen LogP contribution >= 0.6 is 0 Å². The highest BCUT2D eigenvalue weighted by molar-refractivity contribution is 6.01. The number of nitrogens with zero attached hydrogens (tertiary/aromatic N) is 3. The maximum Gasteiger partial charge on any atom is 0.254 e. The number of hydrogen-bond acceptors (Lipinski definition) is 5. The molecule has 0 spiro atoms. The second-order valence-corrected chi connectivity index (χ2v) is 6.42. The minimum Gasteiger partial charge on any atom is -0.497 e. The summed E-state index contributed by atoms with van der Waals surface area (Å²) >= 11 is 0. The number of carbonyl (C=O) groups excluding carboxylic acids is 1. The zero-order chi connectivity index (χ0) is 19.3. The van der Waals surface area contributed by atoms with Crippen LogP contribution in [-0.2, 0) is 4.84 Å². The molecule has 1 N–H and O–H groups in total. The molecular formula is C21H20N4O3. The van der Waals surface area contributed by atoms with E-state index in [1.165, 1.54) is 0 Å². The summed E-state index contributed by atoms with van der Waals surface area (Å²) in [7, 11) is 1.63. The molecule has 28 heavy (non-hydrogen) atoms. The number of carbonyl (C=O) groups is 1. The highest BCUT2D eigenvalue weighted by Gasteiger charge is 2.23. The summed E-state index contributed by atoms with van der Waals surface area (Å²) in [6.07, 6.45) is 3.71. The highest BCUT2D eigenvalue weighted by atomic mass is 16.6. The predicted octanol–water partition coefficient (Wildman–Crippen LogP) is 2.80. The maximum absolute atomic E-state index is 12.4. The minimum atomic E-state index is -0.191. The summed E-state index contributed by atoms with van der Waals surface area (Å²) in [5.41, 5.74) is 3.24. The fourth-order valence-corrected chi connectivity index (χ4v) is 2.96. The zero-order valence-corrected chi connectivity index (χ0v) is 15.4. The SMILES string of the molecule is COc1ccc(C2=NO[C@H](CNC(=O)c3cnn(-c4ccccc4)c3)C2)cc1. The lowest BCUT2D eigenvalue weighted by atomic mass is 10.0. The summed E-state index contributed by atoms with van der Waals surface area (Å²) in [4.78, 5) is 17.9. The van der Waals surface area contributed by atoms with Gasteiger partial charge in [0.25, 0.3) is 5.91 Å². The van der Waals surface area contributed by atoms with Crippen molar-refractivity contribution in [1.82, 2.24) is 15.1 Å². The van der Waals surface area contributed by atoms with E-state index in [2.05, 4.69) is 15.6 Å². The number of methoxy groups -OCH3 is 1. The number of oxime groups is 1. The minimum absolute atomic E-state index is 0.190. The Labute approximate surface area is 162 Å². The van der Waals surface area contributed by atoms with Crippen molar-refractivity contribution in [3.05, 3.63) is 78.1 Å². The first-order valence-corrected chi connectivity index (χ1v) is 8.98. The first kappa shape index (κ1) is 17.8. The number of amides is 1. The molecule has 0 aliphatic carbocycles. The summed E-state index contributed by atoms with van der Waals surface area (Å²) in [5, 5.41) is 11.3. The quantitative estimate of drug-likeness (QED) is 0.718. The van der Waals surface area contributed by atoms with Gasteiger partial charge in [-0.15, -0.1) is 0 Å². The van der Waals surface area contributed by atoms with Crippen LogP contribution in [0.5, 0.6) is 5.75 Å². The van der Waals surface area contributed by atoms with E-state index < -0.39 is 0 Å². The van der Waals surface area contributed by atoms with Crippen LogP contribution in [0.25, 0.3) is 5.69 Å². The maximum atomic E-state index is 12.4. The van der Waals surface area contributed by atoms with Crippen LogP contribution in [0.1, 0.15) is 22.3 Å². The molecule has 1 aliphatic heterocycles. The Morgan fingerprint density at radius 1 is 1.21 bits per heavy atom. The Morgan fingerprint density at radius 2 is 2.00 bits per heavy atom. The molecule has 0 saturated carbocycles. The van der Waals surface area contributed by atoms with Gasteiger partial charge >= 0.3 is 0 Å². The van der Waals surface area contributed by atoms with E-state index >= 15 is 0 Å². The third-order valence-electron chi connectivity index (χ3n) is 4.51. The van der Waals surface area contributed by atoms with Gasteiger partial charge in [0.2, 0.25) is 0 Å². The zero-order valence-electron chi connectivity index (χ0n) is 15.4. The van der Waals surface area contributed by atoms with Crippen LogP contribution in [0.3, 0.4) is 0 Å². The molecule has 0 saturated heterocycles. The molecule has 1 amide bonds. The smallest absolute Gasteiger partial charge is 0.254 e. The van der Waals surface area contributed by atoms with Crippen molar-refractivity contribution < 1.29 is 14.4 Å². The Kier molecular flexibility index (Phi) is 5.05. The van der Waals surface area contributed by atoms with E-state index in [1.807, 2.05) is 54.6 Å². The van der Waals surface area contributed by atoms with Gasteiger partial charge in [-0.25, -0.2) is 4.68 Å². The van der Waals surface area contributed by atoms with Crippen molar-refractivity contribution in [3.8, 4) is 11.4 Å². The van der Waals surface area contributed by atoms with E-state index in [0.29, 0.717) is 18.5 Å². The van der Waals surface area contributed by atoms with Gasteiger partial charge < -0.3 is 14.9 Å². The van der Waals surface area contributed by atoms with E-state index in [-0.39, 0.29) is 12.0 Å². The lowest BCUT2D eigenvalue weighted by Crippen LogP contribution is -2.32. The molecule has 0 bridgehead atoms. The summed E-state index contributed by atoms with van der Waals surface area (Å²) in [6.45, 7) is 0.374. The van der Waals surface area contributed by atoms with Crippen molar-refractivity contribution >= 4 is 11.6 Å². The van der Waals surface area contributed by atoms with Gasteiger partial charge in [-0.3, -0.25) is 4.79 Å². The molecule has 4 rings (SSSR count). The third-order valence-corrected chi connectivity index (χ3v) is 4.51. The van der Waals surface area contributed by atoms with Gasteiger partial charge in [0, 0.05) is 12.6 Å². The Balaban J connectivity index is 1.30. The van der Waals surface area contributed by atoms with E-state index in [9.17, 15) is 4.79 Å². The van der Waals surface area contributed by atoms with Crippen LogP contribution in [-0.4, -0.2) is 41.2 Å².